The van der Waals surface area contributed by atoms with Crippen molar-refractivity contribution in [1.82, 2.24) is 14.9 Å². The van der Waals surface area contributed by atoms with E-state index in [9.17, 15) is 0 Å². The van der Waals surface area contributed by atoms with Crippen molar-refractivity contribution in [2.45, 2.75) is 21.7 Å². The Morgan fingerprint density at radius 1 is 1.36 bits per heavy atom. The van der Waals surface area contributed by atoms with Crippen molar-refractivity contribution in [1.29, 1.82) is 0 Å². The van der Waals surface area contributed by atoms with E-state index in [1.807, 2.05) is 0 Å². The summed E-state index contributed by atoms with van der Waals surface area (Å²) >= 11 is 3.37. The zero-order chi connectivity index (χ0) is 15.1. The maximum Gasteiger partial charge on any atom is 0.223 e. The molecule has 0 aliphatic carbocycles. The number of thiophene rings is 1. The maximum atomic E-state index is 5.93. The fourth-order valence-electron chi connectivity index (χ4n) is 3.43. The van der Waals surface area contributed by atoms with Crippen molar-refractivity contribution in [3.63, 3.8) is 0 Å². The number of nitrogens with two attached hydrogens (primary N) is 1. The highest BCUT2D eigenvalue weighted by Gasteiger charge is 2.40. The van der Waals surface area contributed by atoms with Crippen LogP contribution in [0.25, 0.3) is 0 Å². The lowest BCUT2D eigenvalue weighted by atomic mass is 10.1. The number of aromatic nitrogens is 2. The highest BCUT2D eigenvalue weighted by Crippen LogP contribution is 2.35. The van der Waals surface area contributed by atoms with Gasteiger partial charge in [-0.25, -0.2) is 4.98 Å². The third-order valence-electron chi connectivity index (χ3n) is 4.56. The van der Waals surface area contributed by atoms with Crippen molar-refractivity contribution in [2.24, 2.45) is 5.92 Å². The van der Waals surface area contributed by atoms with E-state index in [4.69, 9.17) is 5.73 Å². The van der Waals surface area contributed by atoms with Gasteiger partial charge in [0.05, 0.1) is 4.21 Å². The van der Waals surface area contributed by atoms with Gasteiger partial charge in [0.15, 0.2) is 0 Å². The minimum Gasteiger partial charge on any atom is -0.368 e. The Balaban J connectivity index is 1.56. The Bertz CT molecular complexity index is 660. The largest absolute Gasteiger partial charge is 0.368 e. The molecular weight excluding hydrogens is 314 g/mol. The molecule has 0 saturated carbocycles. The van der Waals surface area contributed by atoms with E-state index in [0.717, 1.165) is 29.9 Å². The fourth-order valence-corrected chi connectivity index (χ4v) is 5.15. The summed E-state index contributed by atoms with van der Waals surface area (Å²) in [6.07, 6.45) is 1.29. The maximum absolute atomic E-state index is 5.93. The van der Waals surface area contributed by atoms with Crippen molar-refractivity contribution in [2.75, 3.05) is 37.3 Å². The number of anilines is 2. The molecule has 0 amide bonds. The summed E-state index contributed by atoms with van der Waals surface area (Å²) in [5, 5.41) is 3.00. The van der Waals surface area contributed by atoms with E-state index in [-0.39, 0.29) is 0 Å². The van der Waals surface area contributed by atoms with Gasteiger partial charge in [-0.2, -0.15) is 4.98 Å². The molecule has 22 heavy (non-hydrogen) atoms. The van der Waals surface area contributed by atoms with Crippen LogP contribution < -0.4 is 10.6 Å². The first-order valence-electron chi connectivity index (χ1n) is 7.50. The summed E-state index contributed by atoms with van der Waals surface area (Å²) in [6, 6.07) is 6.88. The van der Waals surface area contributed by atoms with Crippen LogP contribution in [0.15, 0.2) is 32.8 Å². The summed E-state index contributed by atoms with van der Waals surface area (Å²) in [6.45, 7) is 3.34. The Hall–Kier alpha value is -1.31. The van der Waals surface area contributed by atoms with Gasteiger partial charge in [0, 0.05) is 25.2 Å². The Morgan fingerprint density at radius 3 is 3.05 bits per heavy atom. The molecule has 0 radical (unpaired) electrons. The van der Waals surface area contributed by atoms with Gasteiger partial charge in [-0.1, -0.05) is 17.8 Å². The molecule has 0 bridgehead atoms. The third kappa shape index (κ3) is 2.68. The molecule has 2 atom stereocenters. The molecule has 116 valence electrons. The average Bonchev–Trinajstić information content (AvgIpc) is 3.18. The average molecular weight is 333 g/mol. The van der Waals surface area contributed by atoms with E-state index >= 15 is 0 Å². The minimum absolute atomic E-state index is 0.363. The number of nitrogens with zero attached hydrogens (tertiary/aromatic N) is 4. The Kier molecular flexibility index (Phi) is 3.71. The molecule has 0 aromatic carbocycles. The zero-order valence-electron chi connectivity index (χ0n) is 12.5. The van der Waals surface area contributed by atoms with E-state index in [1.165, 1.54) is 17.2 Å². The third-order valence-corrected chi connectivity index (χ3v) is 6.51. The molecule has 2 aromatic rings. The summed E-state index contributed by atoms with van der Waals surface area (Å²) in [5.74, 6) is 2.09. The Morgan fingerprint density at radius 2 is 2.27 bits per heavy atom. The van der Waals surface area contributed by atoms with Crippen LogP contribution in [0.3, 0.4) is 0 Å². The van der Waals surface area contributed by atoms with Crippen molar-refractivity contribution >= 4 is 34.9 Å². The smallest absolute Gasteiger partial charge is 0.223 e. The van der Waals surface area contributed by atoms with Crippen LogP contribution in [-0.4, -0.2) is 47.6 Å². The van der Waals surface area contributed by atoms with E-state index in [2.05, 4.69) is 50.4 Å². The molecule has 2 saturated heterocycles. The molecule has 2 aliphatic heterocycles. The van der Waals surface area contributed by atoms with E-state index in [1.54, 1.807) is 23.1 Å². The molecule has 4 heterocycles. The first-order chi connectivity index (χ1) is 10.7. The summed E-state index contributed by atoms with van der Waals surface area (Å²) in [5.41, 5.74) is 5.93. The Labute approximate surface area is 138 Å². The molecule has 2 fully saturated rings. The summed E-state index contributed by atoms with van der Waals surface area (Å²) in [7, 11) is 2.22. The number of hydrogen-bond donors (Lipinski definition) is 1. The predicted molar refractivity (Wildman–Crippen MR) is 91.6 cm³/mol. The van der Waals surface area contributed by atoms with Gasteiger partial charge in [-0.3, -0.25) is 0 Å². The fraction of sp³-hybridized carbons (Fsp3) is 0.467. The molecule has 2 aliphatic rings. The van der Waals surface area contributed by atoms with Gasteiger partial charge < -0.3 is 15.5 Å². The predicted octanol–water partition coefficient (Wildman–Crippen LogP) is 2.41. The van der Waals surface area contributed by atoms with Crippen LogP contribution in [0.5, 0.6) is 0 Å². The second kappa shape index (κ2) is 5.72. The van der Waals surface area contributed by atoms with E-state index in [0.29, 0.717) is 12.0 Å². The minimum atomic E-state index is 0.363. The topological polar surface area (TPSA) is 58.3 Å². The second-order valence-corrected chi connectivity index (χ2v) is 8.23. The van der Waals surface area contributed by atoms with Gasteiger partial charge in [0.25, 0.3) is 0 Å². The van der Waals surface area contributed by atoms with Crippen molar-refractivity contribution < 1.29 is 0 Å². The zero-order valence-corrected chi connectivity index (χ0v) is 14.1. The van der Waals surface area contributed by atoms with Gasteiger partial charge in [0.2, 0.25) is 5.95 Å². The molecule has 0 unspecified atom stereocenters. The molecule has 2 aromatic heterocycles. The molecule has 5 nitrogen and oxygen atoms in total. The number of hydrogen-bond acceptors (Lipinski definition) is 7. The van der Waals surface area contributed by atoms with Gasteiger partial charge in [-0.05, 0) is 37.4 Å². The highest BCUT2D eigenvalue weighted by molar-refractivity contribution is 8.01. The van der Waals surface area contributed by atoms with Crippen LogP contribution in [-0.2, 0) is 0 Å². The summed E-state index contributed by atoms with van der Waals surface area (Å²) in [4.78, 5) is 13.7. The van der Waals surface area contributed by atoms with E-state index < -0.39 is 0 Å². The lowest BCUT2D eigenvalue weighted by Crippen LogP contribution is -2.32. The standard InChI is InChI=1S/C15H19N5S2/c1-19-5-4-10-8-20(9-11(10)19)12-7-13(18-15(16)17-12)22-14-3-2-6-21-14/h2-3,6-7,10-11H,4-5,8-9H2,1H3,(H2,16,17,18)/t10-,11+/m0/s1. The molecule has 0 spiro atoms. The molecule has 2 N–H and O–H groups in total. The second-order valence-electron chi connectivity index (χ2n) is 5.96. The lowest BCUT2D eigenvalue weighted by molar-refractivity contribution is 0.310. The van der Waals surface area contributed by atoms with Crippen LogP contribution in [0.1, 0.15) is 6.42 Å². The van der Waals surface area contributed by atoms with Crippen molar-refractivity contribution in [3.8, 4) is 0 Å². The van der Waals surface area contributed by atoms with Crippen molar-refractivity contribution in [3.05, 3.63) is 23.6 Å². The van der Waals surface area contributed by atoms with Gasteiger partial charge in [-0.15, -0.1) is 11.3 Å². The number of likely N-dealkylation sites (N-methyl/N-ethyl adjacent to an activating group) is 1. The number of likely N-dealkylation sites (tertiary alicyclic amines) is 1. The number of fused-ring (bicyclic) bond motifs is 1. The number of rotatable bonds is 3. The molecular formula is C15H19N5S2. The lowest BCUT2D eigenvalue weighted by Gasteiger charge is -2.21. The summed E-state index contributed by atoms with van der Waals surface area (Å²) < 4.78 is 1.22. The van der Waals surface area contributed by atoms with Crippen LogP contribution in [0.4, 0.5) is 11.8 Å². The van der Waals surface area contributed by atoms with Crippen LogP contribution in [0.2, 0.25) is 0 Å². The quantitative estimate of drug-likeness (QED) is 0.871. The first-order valence-corrected chi connectivity index (χ1v) is 9.20. The monoisotopic (exact) mass is 333 g/mol. The SMILES string of the molecule is CN1CC[C@H]2CN(c3cc(Sc4cccs4)nc(N)n3)C[C@H]21. The normalized spacial score (nSPS) is 24.9. The molecule has 7 heteroatoms. The first kappa shape index (κ1) is 14.3. The van der Waals surface area contributed by atoms with Crippen LogP contribution >= 0.6 is 23.1 Å². The number of nitrogen functional groups attached to an aromatic ring is 1. The highest BCUT2D eigenvalue weighted by atomic mass is 32.2. The van der Waals surface area contributed by atoms with Crippen LogP contribution in [0, 0.1) is 5.92 Å². The molecule has 4 rings (SSSR count). The van der Waals surface area contributed by atoms with Gasteiger partial charge >= 0.3 is 0 Å². The van der Waals surface area contributed by atoms with Gasteiger partial charge in [0.1, 0.15) is 10.8 Å².